The van der Waals surface area contributed by atoms with E-state index in [-0.39, 0.29) is 36.7 Å². The van der Waals surface area contributed by atoms with Gasteiger partial charge in [0.15, 0.2) is 0 Å². The monoisotopic (exact) mass is 335 g/mol. The first kappa shape index (κ1) is 21.1. The van der Waals surface area contributed by atoms with Gasteiger partial charge in [-0.05, 0) is 31.1 Å². The third-order valence-corrected chi connectivity index (χ3v) is 4.07. The van der Waals surface area contributed by atoms with Crippen LogP contribution in [0.25, 0.3) is 0 Å². The number of hydrogen-bond donors (Lipinski definition) is 2. The van der Waals surface area contributed by atoms with Gasteiger partial charge in [-0.25, -0.2) is 0 Å². The Morgan fingerprint density at radius 3 is 2.45 bits per heavy atom. The van der Waals surface area contributed by atoms with E-state index in [1.54, 1.807) is 11.9 Å². The molecule has 1 atom stereocenters. The fourth-order valence-corrected chi connectivity index (χ4v) is 2.25. The third kappa shape index (κ3) is 7.42. The highest BCUT2D eigenvalue weighted by molar-refractivity contribution is 5.87. The van der Waals surface area contributed by atoms with Gasteiger partial charge in [-0.3, -0.25) is 9.59 Å². The summed E-state index contributed by atoms with van der Waals surface area (Å²) >= 11 is 0. The van der Waals surface area contributed by atoms with E-state index in [0.29, 0.717) is 5.92 Å². The van der Waals surface area contributed by atoms with Crippen LogP contribution in [-0.2, 0) is 14.3 Å². The maximum absolute atomic E-state index is 12.0. The summed E-state index contributed by atoms with van der Waals surface area (Å²) in [6, 6.07) is -0.564. The van der Waals surface area contributed by atoms with Crippen LogP contribution in [0.15, 0.2) is 0 Å². The molecule has 0 aromatic heterocycles. The predicted octanol–water partition coefficient (Wildman–Crippen LogP) is 0.783. The van der Waals surface area contributed by atoms with E-state index >= 15 is 0 Å². The van der Waals surface area contributed by atoms with Crippen molar-refractivity contribution in [2.24, 2.45) is 17.6 Å². The number of carbonyl (C=O) groups is 2. The predicted molar refractivity (Wildman–Crippen MR) is 88.9 cm³/mol. The van der Waals surface area contributed by atoms with E-state index in [1.807, 2.05) is 13.8 Å². The van der Waals surface area contributed by atoms with Gasteiger partial charge in [-0.1, -0.05) is 13.8 Å². The molecule has 130 valence electrons. The summed E-state index contributed by atoms with van der Waals surface area (Å²) in [5.41, 5.74) is 5.73. The number of amides is 2. The molecule has 0 aromatic carbocycles. The van der Waals surface area contributed by atoms with Gasteiger partial charge in [0, 0.05) is 26.8 Å². The van der Waals surface area contributed by atoms with Gasteiger partial charge < -0.3 is 20.7 Å². The van der Waals surface area contributed by atoms with Crippen LogP contribution in [0.5, 0.6) is 0 Å². The van der Waals surface area contributed by atoms with Crippen LogP contribution < -0.4 is 11.1 Å². The highest BCUT2D eigenvalue weighted by Crippen LogP contribution is 2.18. The van der Waals surface area contributed by atoms with Crippen molar-refractivity contribution in [1.82, 2.24) is 10.2 Å². The molecule has 0 bridgehead atoms. The first-order chi connectivity index (χ1) is 9.91. The molecule has 6 nitrogen and oxygen atoms in total. The Labute approximate surface area is 139 Å². The SMILES string of the molecule is CC(C)[C@H](N)C(=O)NCC(=O)N(C)CCC1CCOCC1.Cl. The standard InChI is InChI=1S/C15H29N3O3.ClH/c1-11(2)14(16)15(20)17-10-13(19)18(3)7-4-12-5-8-21-9-6-12;/h11-12,14H,4-10,16H2,1-3H3,(H,17,20);1H/t14-;/m0./s1. The van der Waals surface area contributed by atoms with Gasteiger partial charge in [-0.2, -0.15) is 0 Å². The fraction of sp³-hybridized carbons (Fsp3) is 0.867. The molecule has 0 saturated carbocycles. The van der Waals surface area contributed by atoms with Gasteiger partial charge in [-0.15, -0.1) is 12.4 Å². The zero-order valence-corrected chi connectivity index (χ0v) is 14.7. The van der Waals surface area contributed by atoms with Gasteiger partial charge in [0.1, 0.15) is 0 Å². The molecular weight excluding hydrogens is 306 g/mol. The smallest absolute Gasteiger partial charge is 0.241 e. The van der Waals surface area contributed by atoms with Crippen LogP contribution in [-0.4, -0.2) is 56.1 Å². The molecule has 0 aliphatic carbocycles. The normalized spacial score (nSPS) is 16.8. The average molecular weight is 336 g/mol. The molecule has 2 amide bonds. The maximum atomic E-state index is 12.0. The molecule has 1 aliphatic heterocycles. The molecule has 1 fully saturated rings. The number of halogens is 1. The molecule has 3 N–H and O–H groups in total. The van der Waals surface area contributed by atoms with Crippen molar-refractivity contribution in [3.63, 3.8) is 0 Å². The molecule has 0 unspecified atom stereocenters. The van der Waals surface area contributed by atoms with Crippen molar-refractivity contribution in [2.45, 2.75) is 39.2 Å². The number of rotatable bonds is 7. The minimum absolute atomic E-state index is 0. The summed E-state index contributed by atoms with van der Waals surface area (Å²) in [5, 5.41) is 2.61. The van der Waals surface area contributed by atoms with E-state index in [1.165, 1.54) is 0 Å². The fourth-order valence-electron chi connectivity index (χ4n) is 2.25. The number of likely N-dealkylation sites (N-methyl/N-ethyl adjacent to an activating group) is 1. The number of nitrogens with zero attached hydrogens (tertiary/aromatic N) is 1. The van der Waals surface area contributed by atoms with Gasteiger partial charge in [0.25, 0.3) is 0 Å². The van der Waals surface area contributed by atoms with E-state index < -0.39 is 6.04 Å². The molecule has 1 heterocycles. The lowest BCUT2D eigenvalue weighted by molar-refractivity contribution is -0.132. The summed E-state index contributed by atoms with van der Waals surface area (Å²) in [6.07, 6.45) is 3.13. The van der Waals surface area contributed by atoms with Crippen LogP contribution >= 0.6 is 12.4 Å². The van der Waals surface area contributed by atoms with Crippen molar-refractivity contribution in [3.05, 3.63) is 0 Å². The average Bonchev–Trinajstić information content (AvgIpc) is 2.49. The molecule has 7 heteroatoms. The summed E-state index contributed by atoms with van der Waals surface area (Å²) in [7, 11) is 1.77. The maximum Gasteiger partial charge on any atom is 0.241 e. The molecule has 0 radical (unpaired) electrons. The molecule has 1 aliphatic rings. The molecule has 1 rings (SSSR count). The molecule has 0 spiro atoms. The molecule has 1 saturated heterocycles. The third-order valence-electron chi connectivity index (χ3n) is 4.07. The molecule has 0 aromatic rings. The van der Waals surface area contributed by atoms with Crippen LogP contribution in [0.3, 0.4) is 0 Å². The Morgan fingerprint density at radius 2 is 1.91 bits per heavy atom. The van der Waals surface area contributed by atoms with Crippen LogP contribution in [0.4, 0.5) is 0 Å². The van der Waals surface area contributed by atoms with E-state index in [0.717, 1.165) is 39.0 Å². The first-order valence-electron chi connectivity index (χ1n) is 7.76. The first-order valence-corrected chi connectivity index (χ1v) is 7.76. The van der Waals surface area contributed by atoms with Gasteiger partial charge in [0.2, 0.25) is 11.8 Å². The highest BCUT2D eigenvalue weighted by atomic mass is 35.5. The Morgan fingerprint density at radius 1 is 1.32 bits per heavy atom. The van der Waals surface area contributed by atoms with Crippen molar-refractivity contribution >= 4 is 24.2 Å². The van der Waals surface area contributed by atoms with Crippen LogP contribution in [0.1, 0.15) is 33.1 Å². The number of carbonyl (C=O) groups excluding carboxylic acids is 2. The second kappa shape index (κ2) is 10.8. The Hall–Kier alpha value is -0.850. The van der Waals surface area contributed by atoms with Crippen molar-refractivity contribution in [2.75, 3.05) is 33.4 Å². The lowest BCUT2D eigenvalue weighted by Crippen LogP contribution is -2.47. The Balaban J connectivity index is 0.00000441. The van der Waals surface area contributed by atoms with Crippen molar-refractivity contribution in [1.29, 1.82) is 0 Å². The van der Waals surface area contributed by atoms with Gasteiger partial charge in [0.05, 0.1) is 12.6 Å². The lowest BCUT2D eigenvalue weighted by Gasteiger charge is -2.25. The number of nitrogens with one attached hydrogen (secondary N) is 1. The zero-order chi connectivity index (χ0) is 15.8. The largest absolute Gasteiger partial charge is 0.381 e. The van der Waals surface area contributed by atoms with Crippen molar-refractivity contribution in [3.8, 4) is 0 Å². The van der Waals surface area contributed by atoms with E-state index in [2.05, 4.69) is 5.32 Å². The van der Waals surface area contributed by atoms with E-state index in [4.69, 9.17) is 10.5 Å². The zero-order valence-electron chi connectivity index (χ0n) is 13.8. The Bertz CT molecular complexity index is 347. The second-order valence-electron chi connectivity index (χ2n) is 6.15. The van der Waals surface area contributed by atoms with E-state index in [9.17, 15) is 9.59 Å². The summed E-state index contributed by atoms with van der Waals surface area (Å²) in [4.78, 5) is 25.3. The van der Waals surface area contributed by atoms with Crippen molar-refractivity contribution < 1.29 is 14.3 Å². The highest BCUT2D eigenvalue weighted by Gasteiger charge is 2.19. The molecule has 22 heavy (non-hydrogen) atoms. The number of nitrogens with two attached hydrogens (primary N) is 1. The molecular formula is C15H30ClN3O3. The Kier molecular flexibility index (Phi) is 10.4. The number of hydrogen-bond acceptors (Lipinski definition) is 4. The summed E-state index contributed by atoms with van der Waals surface area (Å²) in [5.74, 6) is 0.354. The topological polar surface area (TPSA) is 84.7 Å². The quantitative estimate of drug-likeness (QED) is 0.720. The minimum atomic E-state index is -0.564. The second-order valence-corrected chi connectivity index (χ2v) is 6.15. The summed E-state index contributed by atoms with van der Waals surface area (Å²) in [6.45, 7) is 6.15. The lowest BCUT2D eigenvalue weighted by atomic mass is 9.96. The number of ether oxygens (including phenoxy) is 1. The van der Waals surface area contributed by atoms with Gasteiger partial charge >= 0.3 is 0 Å². The minimum Gasteiger partial charge on any atom is -0.381 e. The summed E-state index contributed by atoms with van der Waals surface area (Å²) < 4.78 is 5.32. The van der Waals surface area contributed by atoms with Crippen LogP contribution in [0, 0.1) is 11.8 Å². The van der Waals surface area contributed by atoms with Crippen LogP contribution in [0.2, 0.25) is 0 Å².